The monoisotopic (exact) mass is 419 g/mol. The van der Waals surface area contributed by atoms with Crippen LogP contribution in [-0.4, -0.2) is 45.4 Å². The molecule has 1 aliphatic rings. The standard InChI is InChI=1S/C23H29N7O/c1-3-18(4-2)28-14-17(12-26-28)23-22-9-10-24-30(22)15-21(27-23)16-11-25-29(13-16)19-5-7-20(31)8-6-19/h9-15,18-20,31H,3-8H2,1-2H3/t19-,20-. The van der Waals surface area contributed by atoms with Crippen molar-refractivity contribution in [1.82, 2.24) is 34.2 Å². The Labute approximate surface area is 181 Å². The fraction of sp³-hybridized carbons (Fsp3) is 0.478. The average Bonchev–Trinajstić information content (AvgIpc) is 3.55. The van der Waals surface area contributed by atoms with Crippen LogP contribution in [0.3, 0.4) is 0 Å². The molecule has 4 heterocycles. The number of aliphatic hydroxyl groups is 1. The highest BCUT2D eigenvalue weighted by atomic mass is 16.3. The third-order valence-corrected chi connectivity index (χ3v) is 6.52. The van der Waals surface area contributed by atoms with Crippen molar-refractivity contribution in [3.05, 3.63) is 43.2 Å². The van der Waals surface area contributed by atoms with Gasteiger partial charge in [0.05, 0.1) is 59.9 Å². The van der Waals surface area contributed by atoms with Gasteiger partial charge in [-0.2, -0.15) is 15.3 Å². The number of hydrogen-bond donors (Lipinski definition) is 1. The fourth-order valence-corrected chi connectivity index (χ4v) is 4.59. The molecule has 0 radical (unpaired) electrons. The predicted octanol–water partition coefficient (Wildman–Crippen LogP) is 4.29. The van der Waals surface area contributed by atoms with Crippen molar-refractivity contribution in [1.29, 1.82) is 0 Å². The second-order valence-corrected chi connectivity index (χ2v) is 8.49. The molecule has 0 aromatic carbocycles. The summed E-state index contributed by atoms with van der Waals surface area (Å²) in [6.45, 7) is 4.38. The second-order valence-electron chi connectivity index (χ2n) is 8.49. The lowest BCUT2D eigenvalue weighted by Crippen LogP contribution is -2.21. The normalized spacial score (nSPS) is 19.5. The van der Waals surface area contributed by atoms with Gasteiger partial charge in [-0.05, 0) is 44.6 Å². The van der Waals surface area contributed by atoms with Crippen LogP contribution in [0.4, 0.5) is 0 Å². The number of nitrogens with zero attached hydrogens (tertiary/aromatic N) is 7. The Hall–Kier alpha value is -3.00. The maximum absolute atomic E-state index is 9.79. The number of rotatable bonds is 6. The molecule has 4 aromatic heterocycles. The van der Waals surface area contributed by atoms with Crippen LogP contribution in [0.15, 0.2) is 43.2 Å². The van der Waals surface area contributed by atoms with Gasteiger partial charge in [-0.15, -0.1) is 0 Å². The first-order valence-electron chi connectivity index (χ1n) is 11.3. The highest BCUT2D eigenvalue weighted by Crippen LogP contribution is 2.31. The van der Waals surface area contributed by atoms with Gasteiger partial charge in [0.25, 0.3) is 0 Å². The molecule has 4 aromatic rings. The Morgan fingerprint density at radius 1 is 0.968 bits per heavy atom. The molecule has 8 heteroatoms. The summed E-state index contributed by atoms with van der Waals surface area (Å²) in [5.74, 6) is 0. The molecular weight excluding hydrogens is 390 g/mol. The van der Waals surface area contributed by atoms with Gasteiger partial charge in [0.2, 0.25) is 0 Å². The third-order valence-electron chi connectivity index (χ3n) is 6.52. The minimum atomic E-state index is -0.168. The van der Waals surface area contributed by atoms with Crippen molar-refractivity contribution in [3.8, 4) is 22.5 Å². The Morgan fingerprint density at radius 2 is 1.74 bits per heavy atom. The van der Waals surface area contributed by atoms with Gasteiger partial charge in [0.1, 0.15) is 0 Å². The van der Waals surface area contributed by atoms with Crippen molar-refractivity contribution < 1.29 is 5.11 Å². The van der Waals surface area contributed by atoms with Crippen molar-refractivity contribution in [2.24, 2.45) is 0 Å². The molecule has 0 amide bonds. The van der Waals surface area contributed by atoms with Gasteiger partial charge < -0.3 is 5.11 Å². The van der Waals surface area contributed by atoms with E-state index in [0.29, 0.717) is 12.1 Å². The van der Waals surface area contributed by atoms with E-state index in [4.69, 9.17) is 4.98 Å². The van der Waals surface area contributed by atoms with Gasteiger partial charge in [-0.3, -0.25) is 9.36 Å². The number of aromatic nitrogens is 7. The van der Waals surface area contributed by atoms with E-state index in [1.807, 2.05) is 38.5 Å². The predicted molar refractivity (Wildman–Crippen MR) is 119 cm³/mol. The Morgan fingerprint density at radius 3 is 2.52 bits per heavy atom. The molecular formula is C23H29N7O. The summed E-state index contributed by atoms with van der Waals surface area (Å²) in [7, 11) is 0. The lowest BCUT2D eigenvalue weighted by molar-refractivity contribution is 0.108. The molecule has 0 unspecified atom stereocenters. The zero-order valence-electron chi connectivity index (χ0n) is 18.1. The SMILES string of the molecule is CCC(CC)n1cc(-c2nc(-c3cnn([C@H]4CC[C@H](O)CC4)c3)cn3nccc23)cn1. The van der Waals surface area contributed by atoms with E-state index in [1.165, 1.54) is 0 Å². The van der Waals surface area contributed by atoms with E-state index in [0.717, 1.165) is 66.6 Å². The van der Waals surface area contributed by atoms with Crippen LogP contribution in [0.25, 0.3) is 28.0 Å². The first kappa shape index (κ1) is 19.9. The third kappa shape index (κ3) is 3.76. The molecule has 0 atom stereocenters. The molecule has 0 saturated heterocycles. The number of fused-ring (bicyclic) bond motifs is 1. The van der Waals surface area contributed by atoms with Gasteiger partial charge in [-0.1, -0.05) is 13.8 Å². The Balaban J connectivity index is 1.50. The van der Waals surface area contributed by atoms with Crippen molar-refractivity contribution in [2.75, 3.05) is 0 Å². The fourth-order valence-electron chi connectivity index (χ4n) is 4.59. The summed E-state index contributed by atoms with van der Waals surface area (Å²) in [5.41, 5.74) is 4.64. The Kier molecular flexibility index (Phi) is 5.31. The van der Waals surface area contributed by atoms with Gasteiger partial charge >= 0.3 is 0 Å². The van der Waals surface area contributed by atoms with E-state index in [-0.39, 0.29) is 6.10 Å². The van der Waals surface area contributed by atoms with Crippen molar-refractivity contribution >= 4 is 5.52 Å². The van der Waals surface area contributed by atoms with Crippen molar-refractivity contribution in [3.63, 3.8) is 0 Å². The van der Waals surface area contributed by atoms with Crippen LogP contribution >= 0.6 is 0 Å². The molecule has 1 saturated carbocycles. The van der Waals surface area contributed by atoms with Crippen LogP contribution in [0.5, 0.6) is 0 Å². The van der Waals surface area contributed by atoms with E-state index in [2.05, 4.69) is 41.5 Å². The smallest absolute Gasteiger partial charge is 0.0999 e. The lowest BCUT2D eigenvalue weighted by Gasteiger charge is -2.25. The summed E-state index contributed by atoms with van der Waals surface area (Å²) >= 11 is 0. The highest BCUT2D eigenvalue weighted by molar-refractivity contribution is 5.78. The van der Waals surface area contributed by atoms with Gasteiger partial charge in [0, 0.05) is 23.5 Å². The molecule has 0 bridgehead atoms. The minimum Gasteiger partial charge on any atom is -0.393 e. The summed E-state index contributed by atoms with van der Waals surface area (Å²) in [6, 6.07) is 2.71. The molecule has 0 aliphatic heterocycles. The van der Waals surface area contributed by atoms with Crippen LogP contribution in [0, 0.1) is 0 Å². The Bertz CT molecular complexity index is 1160. The van der Waals surface area contributed by atoms with Gasteiger partial charge in [0.15, 0.2) is 0 Å². The van der Waals surface area contributed by atoms with Crippen molar-refractivity contribution in [2.45, 2.75) is 70.6 Å². The molecule has 5 rings (SSSR count). The highest BCUT2D eigenvalue weighted by Gasteiger charge is 2.22. The van der Waals surface area contributed by atoms with Crippen LogP contribution in [-0.2, 0) is 0 Å². The van der Waals surface area contributed by atoms with E-state index < -0.39 is 0 Å². The molecule has 1 aliphatic carbocycles. The quantitative estimate of drug-likeness (QED) is 0.504. The molecule has 1 N–H and O–H groups in total. The van der Waals surface area contributed by atoms with E-state index in [1.54, 1.807) is 6.20 Å². The zero-order chi connectivity index (χ0) is 21.4. The van der Waals surface area contributed by atoms with Crippen LogP contribution in [0.2, 0.25) is 0 Å². The topological polar surface area (TPSA) is 86.1 Å². The molecule has 1 fully saturated rings. The summed E-state index contributed by atoms with van der Waals surface area (Å²) < 4.78 is 5.95. The second kappa shape index (κ2) is 8.26. The van der Waals surface area contributed by atoms with E-state index >= 15 is 0 Å². The van der Waals surface area contributed by atoms with Gasteiger partial charge in [-0.25, -0.2) is 9.50 Å². The first-order valence-corrected chi connectivity index (χ1v) is 11.3. The molecule has 0 spiro atoms. The average molecular weight is 420 g/mol. The van der Waals surface area contributed by atoms with E-state index in [9.17, 15) is 5.11 Å². The maximum atomic E-state index is 9.79. The van der Waals surface area contributed by atoms with Crippen LogP contribution < -0.4 is 0 Å². The zero-order valence-corrected chi connectivity index (χ0v) is 18.1. The van der Waals surface area contributed by atoms with Crippen LogP contribution in [0.1, 0.15) is 64.5 Å². The molecule has 8 nitrogen and oxygen atoms in total. The first-order chi connectivity index (χ1) is 15.2. The minimum absolute atomic E-state index is 0.168. The molecule has 31 heavy (non-hydrogen) atoms. The maximum Gasteiger partial charge on any atom is 0.0999 e. The number of hydrogen-bond acceptors (Lipinski definition) is 5. The largest absolute Gasteiger partial charge is 0.393 e. The summed E-state index contributed by atoms with van der Waals surface area (Å²) in [6.07, 6.45) is 17.2. The summed E-state index contributed by atoms with van der Waals surface area (Å²) in [5, 5.41) is 23.5. The summed E-state index contributed by atoms with van der Waals surface area (Å²) in [4.78, 5) is 5.00. The number of aliphatic hydroxyl groups excluding tert-OH is 1. The molecule has 162 valence electrons. The lowest BCUT2D eigenvalue weighted by atomic mass is 9.93.